The van der Waals surface area contributed by atoms with Gasteiger partial charge in [-0.1, -0.05) is 0 Å². The van der Waals surface area contributed by atoms with Crippen molar-refractivity contribution in [3.05, 3.63) is 51.2 Å². The summed E-state index contributed by atoms with van der Waals surface area (Å²) >= 11 is 5.12. The molecule has 0 aliphatic rings. The van der Waals surface area contributed by atoms with E-state index < -0.39 is 12.0 Å². The van der Waals surface area contributed by atoms with Gasteiger partial charge in [0.05, 0.1) is 6.61 Å². The summed E-state index contributed by atoms with van der Waals surface area (Å²) in [6, 6.07) is -0.616. The minimum absolute atomic E-state index is 0.179. The van der Waals surface area contributed by atoms with E-state index in [0.29, 0.717) is 12.0 Å². The van der Waals surface area contributed by atoms with Crippen LogP contribution in [0.15, 0.2) is 29.7 Å². The number of nitrogens with zero attached hydrogens (tertiary/aromatic N) is 3. The Bertz CT molecular complexity index is 770. The van der Waals surface area contributed by atoms with Gasteiger partial charge in [-0.2, -0.15) is 0 Å². The van der Waals surface area contributed by atoms with Gasteiger partial charge in [-0.3, -0.25) is 9.78 Å². The second kappa shape index (κ2) is 7.08. The molecular formula is C14H16N4O3S. The van der Waals surface area contributed by atoms with Crippen LogP contribution >= 0.6 is 12.2 Å². The van der Waals surface area contributed by atoms with Crippen LogP contribution in [0.1, 0.15) is 31.0 Å². The lowest BCUT2D eigenvalue weighted by Gasteiger charge is -2.15. The molecule has 1 unspecified atom stereocenters. The van der Waals surface area contributed by atoms with Crippen LogP contribution in [0, 0.1) is 4.77 Å². The van der Waals surface area contributed by atoms with Gasteiger partial charge in [-0.25, -0.2) is 14.8 Å². The van der Waals surface area contributed by atoms with Gasteiger partial charge in [-0.05, 0) is 31.6 Å². The van der Waals surface area contributed by atoms with Crippen molar-refractivity contribution in [2.45, 2.75) is 26.3 Å². The molecule has 0 saturated carbocycles. The van der Waals surface area contributed by atoms with Gasteiger partial charge in [0, 0.05) is 30.6 Å². The van der Waals surface area contributed by atoms with Crippen molar-refractivity contribution in [2.24, 2.45) is 0 Å². The highest BCUT2D eigenvalue weighted by Crippen LogP contribution is 2.10. The van der Waals surface area contributed by atoms with Crippen molar-refractivity contribution in [3.63, 3.8) is 0 Å². The van der Waals surface area contributed by atoms with Crippen molar-refractivity contribution in [2.75, 3.05) is 6.61 Å². The van der Waals surface area contributed by atoms with Crippen LogP contribution in [0.5, 0.6) is 0 Å². The fourth-order valence-corrected chi connectivity index (χ4v) is 2.26. The summed E-state index contributed by atoms with van der Waals surface area (Å²) in [6.07, 6.45) is 6.61. The highest BCUT2D eigenvalue weighted by molar-refractivity contribution is 7.71. The monoisotopic (exact) mass is 320 g/mol. The summed E-state index contributed by atoms with van der Waals surface area (Å²) in [7, 11) is 0. The van der Waals surface area contributed by atoms with E-state index in [1.807, 2.05) is 0 Å². The third-order valence-corrected chi connectivity index (χ3v) is 3.41. The predicted molar refractivity (Wildman–Crippen MR) is 82.1 cm³/mol. The van der Waals surface area contributed by atoms with Crippen LogP contribution in [0.2, 0.25) is 0 Å². The molecule has 0 radical (unpaired) electrons. The standard InChI is InChI=1S/C14H16N4O3S/c1-3-21-13(20)9(2)18-7-11(12(19)17-14(18)22)4-10-5-15-8-16-6-10/h5-9H,3-4H2,1-2H3,(H,17,19,22). The number of aromatic nitrogens is 4. The molecule has 2 heterocycles. The Labute approximate surface area is 132 Å². The molecule has 0 bridgehead atoms. The highest BCUT2D eigenvalue weighted by atomic mass is 32.1. The van der Waals surface area contributed by atoms with Crippen molar-refractivity contribution >= 4 is 18.2 Å². The smallest absolute Gasteiger partial charge is 0.328 e. The van der Waals surface area contributed by atoms with Crippen molar-refractivity contribution < 1.29 is 9.53 Å². The molecule has 0 fully saturated rings. The molecule has 8 heteroatoms. The maximum Gasteiger partial charge on any atom is 0.328 e. The zero-order valence-electron chi connectivity index (χ0n) is 12.3. The average Bonchev–Trinajstić information content (AvgIpc) is 2.50. The fourth-order valence-electron chi connectivity index (χ4n) is 1.96. The van der Waals surface area contributed by atoms with Gasteiger partial charge in [0.25, 0.3) is 5.56 Å². The molecule has 116 valence electrons. The normalized spacial score (nSPS) is 11.9. The first kappa shape index (κ1) is 16.0. The van der Waals surface area contributed by atoms with Gasteiger partial charge in [0.2, 0.25) is 0 Å². The first-order valence-corrected chi connectivity index (χ1v) is 7.18. The van der Waals surface area contributed by atoms with Crippen LogP contribution in [0.4, 0.5) is 0 Å². The summed E-state index contributed by atoms with van der Waals surface area (Å²) in [5.41, 5.74) is 0.973. The number of carbonyl (C=O) groups excluding carboxylic acids is 1. The van der Waals surface area contributed by atoms with E-state index in [-0.39, 0.29) is 16.9 Å². The lowest BCUT2D eigenvalue weighted by molar-refractivity contribution is -0.146. The van der Waals surface area contributed by atoms with E-state index >= 15 is 0 Å². The molecular weight excluding hydrogens is 304 g/mol. The molecule has 0 amide bonds. The van der Waals surface area contributed by atoms with Gasteiger partial charge < -0.3 is 9.30 Å². The minimum atomic E-state index is -0.616. The molecule has 22 heavy (non-hydrogen) atoms. The molecule has 2 aromatic rings. The third kappa shape index (κ3) is 3.64. The Kier molecular flexibility index (Phi) is 5.16. The number of aromatic amines is 1. The first-order valence-electron chi connectivity index (χ1n) is 6.77. The lowest BCUT2D eigenvalue weighted by atomic mass is 10.1. The van der Waals surface area contributed by atoms with Crippen LogP contribution in [-0.4, -0.2) is 32.1 Å². The Balaban J connectivity index is 2.37. The van der Waals surface area contributed by atoms with E-state index in [0.717, 1.165) is 5.56 Å². The lowest BCUT2D eigenvalue weighted by Crippen LogP contribution is -2.25. The number of hydrogen-bond donors (Lipinski definition) is 1. The summed E-state index contributed by atoms with van der Waals surface area (Å²) in [5, 5.41) is 0. The van der Waals surface area contributed by atoms with Gasteiger partial charge in [0.1, 0.15) is 12.4 Å². The van der Waals surface area contributed by atoms with Gasteiger partial charge in [0.15, 0.2) is 4.77 Å². The van der Waals surface area contributed by atoms with Crippen LogP contribution in [0.3, 0.4) is 0 Å². The Morgan fingerprint density at radius 3 is 2.77 bits per heavy atom. The maximum absolute atomic E-state index is 12.0. The zero-order chi connectivity index (χ0) is 16.1. The summed E-state index contributed by atoms with van der Waals surface area (Å²) in [6.45, 7) is 3.69. The highest BCUT2D eigenvalue weighted by Gasteiger charge is 2.17. The van der Waals surface area contributed by atoms with Crippen molar-refractivity contribution in [1.29, 1.82) is 0 Å². The molecule has 7 nitrogen and oxygen atoms in total. The summed E-state index contributed by atoms with van der Waals surface area (Å²) in [5.74, 6) is -0.403. The maximum atomic E-state index is 12.0. The summed E-state index contributed by atoms with van der Waals surface area (Å²) < 4.78 is 6.68. The van der Waals surface area contributed by atoms with Crippen LogP contribution in [0.25, 0.3) is 0 Å². The Hall–Kier alpha value is -2.35. The number of carbonyl (C=O) groups is 1. The molecule has 2 rings (SSSR count). The van der Waals surface area contributed by atoms with Gasteiger partial charge >= 0.3 is 5.97 Å². The van der Waals surface area contributed by atoms with Crippen molar-refractivity contribution in [1.82, 2.24) is 19.5 Å². The van der Waals surface area contributed by atoms with Crippen LogP contribution < -0.4 is 5.56 Å². The van der Waals surface area contributed by atoms with E-state index in [4.69, 9.17) is 17.0 Å². The molecule has 0 aliphatic heterocycles. The molecule has 0 spiro atoms. The number of H-pyrrole nitrogens is 1. The van der Waals surface area contributed by atoms with E-state index in [9.17, 15) is 9.59 Å². The number of rotatable bonds is 5. The van der Waals surface area contributed by atoms with Crippen molar-refractivity contribution in [3.8, 4) is 0 Å². The predicted octanol–water partition coefficient (Wildman–Crippen LogP) is 1.41. The number of hydrogen-bond acceptors (Lipinski definition) is 6. The second-order valence-corrected chi connectivity index (χ2v) is 5.06. The molecule has 1 N–H and O–H groups in total. The average molecular weight is 320 g/mol. The molecule has 0 aromatic carbocycles. The van der Waals surface area contributed by atoms with E-state index in [1.165, 1.54) is 10.9 Å². The second-order valence-electron chi connectivity index (χ2n) is 4.67. The van der Waals surface area contributed by atoms with Crippen LogP contribution in [-0.2, 0) is 16.0 Å². The Morgan fingerprint density at radius 1 is 1.45 bits per heavy atom. The van der Waals surface area contributed by atoms with E-state index in [2.05, 4.69) is 15.0 Å². The molecule has 1 atom stereocenters. The number of nitrogens with one attached hydrogen (secondary N) is 1. The largest absolute Gasteiger partial charge is 0.464 e. The topological polar surface area (TPSA) is 89.9 Å². The zero-order valence-corrected chi connectivity index (χ0v) is 13.1. The first-order chi connectivity index (χ1) is 10.5. The third-order valence-electron chi connectivity index (χ3n) is 3.10. The number of ether oxygens (including phenoxy) is 1. The molecule has 0 aliphatic carbocycles. The number of esters is 1. The SMILES string of the molecule is CCOC(=O)C(C)n1cc(Cc2cncnc2)c(=O)[nH]c1=S. The quantitative estimate of drug-likeness (QED) is 0.662. The molecule has 0 saturated heterocycles. The summed E-state index contributed by atoms with van der Waals surface area (Å²) in [4.78, 5) is 34.3. The molecule has 2 aromatic heterocycles. The van der Waals surface area contributed by atoms with Gasteiger partial charge in [-0.15, -0.1) is 0 Å². The Morgan fingerprint density at radius 2 is 2.14 bits per heavy atom. The fraction of sp³-hybridized carbons (Fsp3) is 0.357. The van der Waals surface area contributed by atoms with E-state index in [1.54, 1.807) is 32.4 Å². The minimum Gasteiger partial charge on any atom is -0.464 e.